The van der Waals surface area contributed by atoms with Crippen LogP contribution >= 0.6 is 11.3 Å². The Kier molecular flexibility index (Phi) is 3.66. The van der Waals surface area contributed by atoms with Gasteiger partial charge in [-0.1, -0.05) is 30.3 Å². The third-order valence-corrected chi connectivity index (χ3v) is 5.05. The fourth-order valence-electron chi connectivity index (χ4n) is 2.78. The number of fused-ring (bicyclic) bond motifs is 1. The van der Waals surface area contributed by atoms with Crippen LogP contribution in [0.4, 0.5) is 11.4 Å². The molecule has 0 atom stereocenters. The van der Waals surface area contributed by atoms with Crippen molar-refractivity contribution in [2.75, 3.05) is 5.32 Å². The number of hydrogen-bond donors (Lipinski definition) is 1. The number of rotatable bonds is 3. The van der Waals surface area contributed by atoms with Crippen molar-refractivity contribution in [1.29, 1.82) is 0 Å². The first-order chi connectivity index (χ1) is 12.1. The molecule has 2 aromatic carbocycles. The lowest BCUT2D eigenvalue weighted by Gasteiger charge is -1.97. The topological polar surface area (TPSA) is 72.2 Å². The summed E-state index contributed by atoms with van der Waals surface area (Å²) in [6.07, 6.45) is 1.85. The van der Waals surface area contributed by atoms with Gasteiger partial charge in [0.25, 0.3) is 11.6 Å². The smallest absolute Gasteiger partial charge is 0.270 e. The zero-order valence-electron chi connectivity index (χ0n) is 12.9. The maximum Gasteiger partial charge on any atom is 0.270 e. The van der Waals surface area contributed by atoms with E-state index in [1.807, 2.05) is 48.5 Å². The highest BCUT2D eigenvalue weighted by Crippen LogP contribution is 2.36. The second kappa shape index (κ2) is 5.99. The van der Waals surface area contributed by atoms with Crippen molar-refractivity contribution in [3.8, 4) is 10.4 Å². The first-order valence-electron chi connectivity index (χ1n) is 7.59. The third-order valence-electron chi connectivity index (χ3n) is 3.96. The number of para-hydroxylation sites is 1. The Bertz CT molecular complexity index is 1040. The number of nitrogens with zero attached hydrogens (tertiary/aromatic N) is 1. The second-order valence-electron chi connectivity index (χ2n) is 5.57. The molecule has 0 fully saturated rings. The van der Waals surface area contributed by atoms with Gasteiger partial charge in [0, 0.05) is 33.1 Å². The number of benzene rings is 2. The van der Waals surface area contributed by atoms with Gasteiger partial charge in [-0.3, -0.25) is 14.9 Å². The lowest BCUT2D eigenvalue weighted by atomic mass is 10.1. The van der Waals surface area contributed by atoms with Crippen LogP contribution in [0.1, 0.15) is 10.4 Å². The Hall–Kier alpha value is -3.25. The maximum absolute atomic E-state index is 12.2. The van der Waals surface area contributed by atoms with E-state index < -0.39 is 4.92 Å². The minimum Gasteiger partial charge on any atom is -0.321 e. The summed E-state index contributed by atoms with van der Waals surface area (Å²) in [4.78, 5) is 24.5. The first kappa shape index (κ1) is 15.3. The Labute approximate surface area is 147 Å². The van der Waals surface area contributed by atoms with Crippen LogP contribution in [-0.2, 0) is 4.79 Å². The van der Waals surface area contributed by atoms with Gasteiger partial charge >= 0.3 is 0 Å². The summed E-state index contributed by atoms with van der Waals surface area (Å²) < 4.78 is 0. The van der Waals surface area contributed by atoms with Gasteiger partial charge in [-0.15, -0.1) is 11.3 Å². The predicted octanol–water partition coefficient (Wildman–Crippen LogP) is 4.82. The summed E-state index contributed by atoms with van der Waals surface area (Å²) >= 11 is 1.49. The maximum atomic E-state index is 12.2. The summed E-state index contributed by atoms with van der Waals surface area (Å²) in [5, 5.41) is 13.8. The third kappa shape index (κ3) is 2.83. The zero-order valence-corrected chi connectivity index (χ0v) is 13.7. The number of amides is 1. The van der Waals surface area contributed by atoms with Crippen molar-refractivity contribution >= 4 is 40.3 Å². The van der Waals surface area contributed by atoms with E-state index >= 15 is 0 Å². The number of anilines is 1. The molecule has 1 aliphatic heterocycles. The molecule has 6 heteroatoms. The number of hydrogen-bond acceptors (Lipinski definition) is 4. The van der Waals surface area contributed by atoms with E-state index in [9.17, 15) is 14.9 Å². The second-order valence-corrected chi connectivity index (χ2v) is 6.68. The predicted molar refractivity (Wildman–Crippen MR) is 99.4 cm³/mol. The molecule has 4 rings (SSSR count). The van der Waals surface area contributed by atoms with Gasteiger partial charge in [0.05, 0.1) is 10.5 Å². The lowest BCUT2D eigenvalue weighted by molar-refractivity contribution is -0.384. The average molecular weight is 348 g/mol. The van der Waals surface area contributed by atoms with Gasteiger partial charge < -0.3 is 5.32 Å². The highest BCUT2D eigenvalue weighted by molar-refractivity contribution is 7.16. The molecule has 25 heavy (non-hydrogen) atoms. The van der Waals surface area contributed by atoms with Crippen LogP contribution < -0.4 is 5.32 Å². The standard InChI is InChI=1S/C19H12N2O3S/c22-19-16(15-6-1-2-7-17(15)20-19)11-14-8-9-18(25-14)12-4-3-5-13(10-12)21(23)24/h1-11H,(H,20,22)/b16-11+. The molecule has 2 heterocycles. The van der Waals surface area contributed by atoms with Crippen molar-refractivity contribution in [2.45, 2.75) is 0 Å². The fraction of sp³-hybridized carbons (Fsp3) is 0. The van der Waals surface area contributed by atoms with E-state index in [2.05, 4.69) is 5.32 Å². The highest BCUT2D eigenvalue weighted by Gasteiger charge is 2.23. The van der Waals surface area contributed by atoms with Crippen molar-refractivity contribution in [1.82, 2.24) is 0 Å². The van der Waals surface area contributed by atoms with Crippen molar-refractivity contribution in [3.63, 3.8) is 0 Å². The highest BCUT2D eigenvalue weighted by atomic mass is 32.1. The van der Waals surface area contributed by atoms with E-state index in [-0.39, 0.29) is 11.6 Å². The molecule has 1 aliphatic rings. The Balaban J connectivity index is 1.70. The van der Waals surface area contributed by atoms with Gasteiger partial charge in [0.1, 0.15) is 0 Å². The van der Waals surface area contributed by atoms with Gasteiger partial charge in [0.2, 0.25) is 0 Å². The number of nitro groups is 1. The summed E-state index contributed by atoms with van der Waals surface area (Å²) in [7, 11) is 0. The van der Waals surface area contributed by atoms with Crippen LogP contribution in [0.15, 0.2) is 60.7 Å². The number of nitrogens with one attached hydrogen (secondary N) is 1. The molecule has 0 saturated carbocycles. The first-order valence-corrected chi connectivity index (χ1v) is 8.40. The molecule has 0 radical (unpaired) electrons. The van der Waals surface area contributed by atoms with Crippen LogP contribution in [0, 0.1) is 10.1 Å². The molecule has 0 spiro atoms. The molecule has 0 saturated heterocycles. The number of carbonyl (C=O) groups is 1. The van der Waals surface area contributed by atoms with Crippen LogP contribution in [0.25, 0.3) is 22.1 Å². The monoisotopic (exact) mass is 348 g/mol. The van der Waals surface area contributed by atoms with Crippen molar-refractivity contribution in [3.05, 3.63) is 81.2 Å². The Morgan fingerprint density at radius 2 is 1.88 bits per heavy atom. The molecule has 1 N–H and O–H groups in total. The molecule has 0 unspecified atom stereocenters. The minimum absolute atomic E-state index is 0.0647. The SMILES string of the molecule is O=C1Nc2ccccc2/C1=C\c1ccc(-c2cccc([N+](=O)[O-])c2)s1. The normalized spacial score (nSPS) is 14.4. The van der Waals surface area contributed by atoms with E-state index in [1.165, 1.54) is 17.4 Å². The van der Waals surface area contributed by atoms with Crippen LogP contribution in [0.3, 0.4) is 0 Å². The number of thiophene rings is 1. The largest absolute Gasteiger partial charge is 0.321 e. The number of carbonyl (C=O) groups excluding carboxylic acids is 1. The van der Waals surface area contributed by atoms with E-state index in [0.29, 0.717) is 5.57 Å². The fourth-order valence-corrected chi connectivity index (χ4v) is 3.73. The molecule has 122 valence electrons. The van der Waals surface area contributed by atoms with E-state index in [4.69, 9.17) is 0 Å². The summed E-state index contributed by atoms with van der Waals surface area (Å²) in [5.74, 6) is -0.119. The summed E-state index contributed by atoms with van der Waals surface area (Å²) in [6.45, 7) is 0. The number of nitro benzene ring substituents is 1. The molecule has 1 amide bonds. The number of non-ortho nitro benzene ring substituents is 1. The van der Waals surface area contributed by atoms with Gasteiger partial charge in [-0.2, -0.15) is 0 Å². The van der Waals surface area contributed by atoms with Crippen LogP contribution in [0.5, 0.6) is 0 Å². The van der Waals surface area contributed by atoms with Crippen molar-refractivity contribution < 1.29 is 9.72 Å². The summed E-state index contributed by atoms with van der Waals surface area (Å²) in [6, 6.07) is 17.9. The Morgan fingerprint density at radius 3 is 2.72 bits per heavy atom. The molecular weight excluding hydrogens is 336 g/mol. The van der Waals surface area contributed by atoms with E-state index in [1.54, 1.807) is 12.1 Å². The van der Waals surface area contributed by atoms with Gasteiger partial charge in [-0.25, -0.2) is 0 Å². The quantitative estimate of drug-likeness (QED) is 0.419. The van der Waals surface area contributed by atoms with Crippen LogP contribution in [-0.4, -0.2) is 10.8 Å². The molecule has 5 nitrogen and oxygen atoms in total. The molecule has 0 aliphatic carbocycles. The van der Waals surface area contributed by atoms with Crippen LogP contribution in [0.2, 0.25) is 0 Å². The lowest BCUT2D eigenvalue weighted by Crippen LogP contribution is -2.03. The molecule has 1 aromatic heterocycles. The average Bonchev–Trinajstić information content (AvgIpc) is 3.21. The van der Waals surface area contributed by atoms with Gasteiger partial charge in [0.15, 0.2) is 0 Å². The van der Waals surface area contributed by atoms with Gasteiger partial charge in [-0.05, 0) is 29.8 Å². The molecule has 0 bridgehead atoms. The minimum atomic E-state index is -0.403. The Morgan fingerprint density at radius 1 is 1.04 bits per heavy atom. The molecular formula is C19H12N2O3S. The zero-order chi connectivity index (χ0) is 17.4. The van der Waals surface area contributed by atoms with Crippen molar-refractivity contribution in [2.24, 2.45) is 0 Å². The molecule has 3 aromatic rings. The summed E-state index contributed by atoms with van der Waals surface area (Å²) in [5.41, 5.74) is 3.19. The van der Waals surface area contributed by atoms with E-state index in [0.717, 1.165) is 26.6 Å².